The highest BCUT2D eigenvalue weighted by Crippen LogP contribution is 2.30. The average Bonchev–Trinajstić information content (AvgIpc) is 3.60. The molecule has 192 valence electrons. The maximum atomic E-state index is 12.8. The zero-order chi connectivity index (χ0) is 25.6. The van der Waals surface area contributed by atoms with Gasteiger partial charge in [-0.25, -0.2) is 0 Å². The van der Waals surface area contributed by atoms with Crippen LogP contribution in [0.3, 0.4) is 0 Å². The number of rotatable bonds is 8. The Hall–Kier alpha value is -3.62. The van der Waals surface area contributed by atoms with Gasteiger partial charge in [-0.1, -0.05) is 42.5 Å². The number of aromatic nitrogens is 1. The molecule has 1 fully saturated rings. The Morgan fingerprint density at radius 1 is 0.946 bits per heavy atom. The van der Waals surface area contributed by atoms with Crippen LogP contribution in [0.4, 0.5) is 5.69 Å². The lowest BCUT2D eigenvalue weighted by atomic mass is 10.0. The van der Waals surface area contributed by atoms with E-state index in [1.54, 1.807) is 11.3 Å². The fourth-order valence-corrected chi connectivity index (χ4v) is 6.14. The Labute approximate surface area is 221 Å². The van der Waals surface area contributed by atoms with Gasteiger partial charge < -0.3 is 20.5 Å². The lowest BCUT2D eigenvalue weighted by Gasteiger charge is -2.42. The van der Waals surface area contributed by atoms with Crippen LogP contribution in [0, 0.1) is 0 Å². The molecule has 2 aromatic heterocycles. The second-order valence-corrected chi connectivity index (χ2v) is 10.4. The molecule has 1 aliphatic rings. The van der Waals surface area contributed by atoms with Gasteiger partial charge in [0.2, 0.25) is 0 Å². The fourth-order valence-electron chi connectivity index (χ4n) is 5.18. The van der Waals surface area contributed by atoms with Crippen LogP contribution in [0.25, 0.3) is 10.9 Å². The Kier molecular flexibility index (Phi) is 7.87. The van der Waals surface area contributed by atoms with Gasteiger partial charge in [0.15, 0.2) is 0 Å². The molecular weight excluding hydrogens is 482 g/mol. The molecule has 5 rings (SSSR count). The summed E-state index contributed by atoms with van der Waals surface area (Å²) in [5, 5.41) is 8.97. The van der Waals surface area contributed by atoms with Crippen molar-refractivity contribution >= 4 is 39.7 Å². The minimum atomic E-state index is -0.592. The van der Waals surface area contributed by atoms with E-state index in [1.165, 1.54) is 10.6 Å². The summed E-state index contributed by atoms with van der Waals surface area (Å²) in [6.45, 7) is 5.99. The van der Waals surface area contributed by atoms with Gasteiger partial charge in [0.25, 0.3) is 0 Å². The number of hydrogen-bond acceptors (Lipinski definition) is 5. The Morgan fingerprint density at radius 3 is 2.46 bits per heavy atom. The molecule has 4 aromatic rings. The second-order valence-electron chi connectivity index (χ2n) is 9.45. The van der Waals surface area contributed by atoms with Gasteiger partial charge in [0, 0.05) is 66.4 Å². The summed E-state index contributed by atoms with van der Waals surface area (Å²) >= 11 is 1.69. The molecule has 3 N–H and O–H groups in total. The lowest BCUT2D eigenvalue weighted by molar-refractivity contribution is -0.139. The fraction of sp³-hybridized carbons (Fsp3) is 0.310. The Balaban J connectivity index is 1.16. The van der Waals surface area contributed by atoms with Gasteiger partial charge >= 0.3 is 11.8 Å². The molecule has 0 bridgehead atoms. The number of amides is 2. The van der Waals surface area contributed by atoms with Crippen LogP contribution in [-0.2, 0) is 16.0 Å². The molecular formula is C29H33N5O2S. The van der Waals surface area contributed by atoms with E-state index in [-0.39, 0.29) is 12.1 Å². The predicted octanol–water partition coefficient (Wildman–Crippen LogP) is 3.96. The van der Waals surface area contributed by atoms with Crippen LogP contribution in [0.15, 0.2) is 78.3 Å². The van der Waals surface area contributed by atoms with Crippen molar-refractivity contribution in [2.24, 2.45) is 0 Å². The van der Waals surface area contributed by atoms with Gasteiger partial charge in [-0.2, -0.15) is 0 Å². The normalized spacial score (nSPS) is 15.9. The van der Waals surface area contributed by atoms with E-state index < -0.39 is 11.8 Å². The third kappa shape index (κ3) is 5.87. The van der Waals surface area contributed by atoms with E-state index in [1.807, 2.05) is 43.5 Å². The number of carbonyl (C=O) groups is 2. The molecule has 1 aliphatic heterocycles. The van der Waals surface area contributed by atoms with Crippen molar-refractivity contribution in [1.29, 1.82) is 0 Å². The highest BCUT2D eigenvalue weighted by molar-refractivity contribution is 7.10. The monoisotopic (exact) mass is 515 g/mol. The molecule has 2 amide bonds. The highest BCUT2D eigenvalue weighted by Gasteiger charge is 2.31. The number of H-pyrrole nitrogens is 1. The molecule has 0 aliphatic carbocycles. The Bertz CT molecular complexity index is 1310. The van der Waals surface area contributed by atoms with Crippen LogP contribution < -0.4 is 15.5 Å². The number of thiophene rings is 1. The van der Waals surface area contributed by atoms with Crippen molar-refractivity contribution < 1.29 is 9.59 Å². The highest BCUT2D eigenvalue weighted by atomic mass is 32.1. The molecule has 2 atom stereocenters. The van der Waals surface area contributed by atoms with Crippen molar-refractivity contribution in [3.8, 4) is 0 Å². The topological polar surface area (TPSA) is 80.5 Å². The number of aromatic amines is 1. The van der Waals surface area contributed by atoms with Gasteiger partial charge in [0.1, 0.15) is 0 Å². The van der Waals surface area contributed by atoms with Gasteiger partial charge in [0.05, 0.1) is 6.04 Å². The summed E-state index contributed by atoms with van der Waals surface area (Å²) in [4.78, 5) is 34.7. The zero-order valence-electron chi connectivity index (χ0n) is 21.0. The molecule has 0 spiro atoms. The number of carbonyl (C=O) groups excluding carboxylic acids is 2. The smallest absolute Gasteiger partial charge is 0.309 e. The van der Waals surface area contributed by atoms with E-state index >= 15 is 0 Å². The zero-order valence-corrected chi connectivity index (χ0v) is 21.8. The molecule has 2 aromatic carbocycles. The molecule has 0 unspecified atom stereocenters. The number of piperazine rings is 1. The second kappa shape index (κ2) is 11.6. The third-order valence-electron chi connectivity index (χ3n) is 7.06. The minimum absolute atomic E-state index is 0.0147. The van der Waals surface area contributed by atoms with Crippen LogP contribution >= 0.6 is 11.3 Å². The van der Waals surface area contributed by atoms with Crippen LogP contribution in [0.1, 0.15) is 23.4 Å². The van der Waals surface area contributed by atoms with Crippen molar-refractivity contribution in [2.45, 2.75) is 25.4 Å². The number of fused-ring (bicyclic) bond motifs is 1. The maximum absolute atomic E-state index is 12.8. The van der Waals surface area contributed by atoms with Crippen LogP contribution in [0.2, 0.25) is 0 Å². The summed E-state index contributed by atoms with van der Waals surface area (Å²) in [6, 6.07) is 22.5. The molecule has 37 heavy (non-hydrogen) atoms. The molecule has 3 heterocycles. The number of benzene rings is 2. The van der Waals surface area contributed by atoms with Gasteiger partial charge in [-0.05, 0) is 48.6 Å². The molecule has 0 saturated carbocycles. The number of hydrogen-bond donors (Lipinski definition) is 3. The molecule has 7 nitrogen and oxygen atoms in total. The molecule has 8 heteroatoms. The Morgan fingerprint density at radius 2 is 1.70 bits per heavy atom. The summed E-state index contributed by atoms with van der Waals surface area (Å²) in [5.41, 5.74) is 3.43. The maximum Gasteiger partial charge on any atom is 0.309 e. The minimum Gasteiger partial charge on any atom is -0.369 e. The number of nitrogens with one attached hydrogen (secondary N) is 3. The van der Waals surface area contributed by atoms with E-state index in [2.05, 4.69) is 67.2 Å². The quantitative estimate of drug-likeness (QED) is 0.311. The van der Waals surface area contributed by atoms with Gasteiger partial charge in [-0.3, -0.25) is 14.5 Å². The van der Waals surface area contributed by atoms with Crippen molar-refractivity contribution in [1.82, 2.24) is 20.5 Å². The van der Waals surface area contributed by atoms with E-state index in [0.29, 0.717) is 13.0 Å². The first-order valence-corrected chi connectivity index (χ1v) is 13.7. The van der Waals surface area contributed by atoms with Crippen molar-refractivity contribution in [3.63, 3.8) is 0 Å². The summed E-state index contributed by atoms with van der Waals surface area (Å²) in [5.74, 6) is -1.18. The first kappa shape index (κ1) is 25.0. The SMILES string of the molecule is C[C@@H](NC(=O)C(=O)NCCc1c[nH]c2ccccc12)[C@@H](c1cccs1)N1CCN(c2ccccc2)CC1. The summed E-state index contributed by atoms with van der Waals surface area (Å²) in [7, 11) is 0. The van der Waals surface area contributed by atoms with Crippen LogP contribution in [-0.4, -0.2) is 60.5 Å². The molecule has 0 radical (unpaired) electrons. The van der Waals surface area contributed by atoms with Crippen LogP contribution in [0.5, 0.6) is 0 Å². The van der Waals surface area contributed by atoms with E-state index in [4.69, 9.17) is 0 Å². The van der Waals surface area contributed by atoms with E-state index in [0.717, 1.165) is 42.6 Å². The number of para-hydroxylation sites is 2. The number of anilines is 1. The summed E-state index contributed by atoms with van der Waals surface area (Å²) in [6.07, 6.45) is 2.62. The lowest BCUT2D eigenvalue weighted by Crippen LogP contribution is -2.53. The summed E-state index contributed by atoms with van der Waals surface area (Å²) < 4.78 is 0. The van der Waals surface area contributed by atoms with Crippen molar-refractivity contribution in [2.75, 3.05) is 37.6 Å². The van der Waals surface area contributed by atoms with E-state index in [9.17, 15) is 9.59 Å². The third-order valence-corrected chi connectivity index (χ3v) is 8.00. The largest absolute Gasteiger partial charge is 0.369 e. The first-order chi connectivity index (χ1) is 18.1. The van der Waals surface area contributed by atoms with Gasteiger partial charge in [-0.15, -0.1) is 11.3 Å². The number of nitrogens with zero attached hydrogens (tertiary/aromatic N) is 2. The molecule has 1 saturated heterocycles. The average molecular weight is 516 g/mol. The first-order valence-electron chi connectivity index (χ1n) is 12.8. The van der Waals surface area contributed by atoms with Crippen molar-refractivity contribution in [3.05, 3.63) is 88.7 Å². The predicted molar refractivity (Wildman–Crippen MR) is 150 cm³/mol. The standard InChI is InChI=1S/C29H33N5O2S/c1-21(32-29(36)28(35)30-14-13-22-20-31-25-11-6-5-10-24(22)25)27(26-12-7-19-37-26)34-17-15-33(16-18-34)23-8-3-2-4-9-23/h2-12,19-21,27,31H,13-18H2,1H3,(H,30,35)(H,32,36)/t21-,27+/m1/s1.